The molecule has 0 saturated heterocycles. The number of carbonyl (C=O) groups is 1. The van der Waals surface area contributed by atoms with Gasteiger partial charge in [-0.05, 0) is 104 Å². The predicted octanol–water partition coefficient (Wildman–Crippen LogP) is 6.71. The second-order valence-corrected chi connectivity index (χ2v) is 14.8. The molecule has 12 atom stereocenters. The summed E-state index contributed by atoms with van der Waals surface area (Å²) in [6, 6.07) is 0. The van der Waals surface area contributed by atoms with Crippen molar-refractivity contribution >= 4 is 5.97 Å². The van der Waals surface area contributed by atoms with Gasteiger partial charge in [0, 0.05) is 13.0 Å². The van der Waals surface area contributed by atoms with Gasteiger partial charge in [-0.3, -0.25) is 4.79 Å². The minimum Gasteiger partial charge on any atom is -0.481 e. The van der Waals surface area contributed by atoms with E-state index in [0.29, 0.717) is 23.7 Å². The highest BCUT2D eigenvalue weighted by Crippen LogP contribution is 2.76. The molecule has 4 heteroatoms. The van der Waals surface area contributed by atoms with Crippen LogP contribution in [0.2, 0.25) is 0 Å². The van der Waals surface area contributed by atoms with E-state index in [2.05, 4.69) is 47.6 Å². The molecule has 0 aromatic carbocycles. The lowest BCUT2D eigenvalue weighted by Crippen LogP contribution is -2.69. The highest BCUT2D eigenvalue weighted by Gasteiger charge is 2.71. The molecule has 4 fully saturated rings. The third-order valence-corrected chi connectivity index (χ3v) is 13.7. The zero-order valence-corrected chi connectivity index (χ0v) is 23.5. The van der Waals surface area contributed by atoms with Crippen molar-refractivity contribution in [1.29, 1.82) is 0 Å². The molecule has 4 nitrogen and oxygen atoms in total. The Bertz CT molecular complexity index is 927. The van der Waals surface area contributed by atoms with E-state index in [1.54, 1.807) is 5.57 Å². The van der Waals surface area contributed by atoms with Gasteiger partial charge in [-0.1, -0.05) is 53.2 Å². The molecule has 0 radical (unpaired) electrons. The van der Waals surface area contributed by atoms with E-state index in [1.807, 2.05) is 14.0 Å². The molecule has 0 amide bonds. The predicted molar refractivity (Wildman–Crippen MR) is 139 cm³/mol. The summed E-state index contributed by atoms with van der Waals surface area (Å²) in [5.74, 6) is 1.38. The number of carboxylic acids is 1. The first-order valence-electron chi connectivity index (χ1n) is 14.4. The van der Waals surface area contributed by atoms with Crippen molar-refractivity contribution in [3.05, 3.63) is 11.6 Å². The Morgan fingerprint density at radius 1 is 0.971 bits per heavy atom. The number of hydrogen-bond donors (Lipinski definition) is 2. The molecule has 0 spiro atoms. The maximum absolute atomic E-state index is 12.6. The first-order valence-corrected chi connectivity index (χ1v) is 14.4. The van der Waals surface area contributed by atoms with Crippen LogP contribution >= 0.6 is 0 Å². The number of rotatable bonds is 2. The molecule has 0 aliphatic heterocycles. The Hall–Kier alpha value is -0.870. The summed E-state index contributed by atoms with van der Waals surface area (Å²) >= 11 is 0. The van der Waals surface area contributed by atoms with Crippen LogP contribution in [0.4, 0.5) is 0 Å². The van der Waals surface area contributed by atoms with E-state index in [-0.39, 0.29) is 34.2 Å². The number of allylic oxidation sites excluding steroid dienone is 1. The SMILES string of the molecule is CO[C@@H]1C=C2[C@@H]3[C@@H](C)[C@H](C)CC[C@]3(C)CC[C@@]2(C)[C@]2(C)CC[C@@H]3[C@](C)(CC[C@@H](O)[C@]3(C)C(=O)O)[C@H]12. The highest BCUT2D eigenvalue weighted by atomic mass is 16.5. The quantitative estimate of drug-likeness (QED) is 0.426. The standard InChI is InChI=1S/C31H50O4/c1-18-9-12-27(3)15-16-29(5)20(24(27)19(18)2)17-21(35-8)25-28(4)13-11-23(32)31(7,26(33)34)22(28)10-14-30(25,29)6/h17-19,21-25,32H,9-16H2,1-8H3,(H,33,34)/t18-,19+,21-,22-,23-,24+,25+,27-,28+,29-,30-,31-/m1/s1. The van der Waals surface area contributed by atoms with Crippen molar-refractivity contribution in [2.75, 3.05) is 7.11 Å². The summed E-state index contributed by atoms with van der Waals surface area (Å²) in [5, 5.41) is 21.3. The van der Waals surface area contributed by atoms with Crippen molar-refractivity contribution in [1.82, 2.24) is 0 Å². The van der Waals surface area contributed by atoms with Gasteiger partial charge in [0.05, 0.1) is 17.6 Å². The van der Waals surface area contributed by atoms with Gasteiger partial charge in [-0.25, -0.2) is 0 Å². The first-order chi connectivity index (χ1) is 16.2. The van der Waals surface area contributed by atoms with Crippen molar-refractivity contribution in [3.8, 4) is 0 Å². The molecule has 0 bridgehead atoms. The average molecular weight is 487 g/mol. The molecule has 2 N–H and O–H groups in total. The van der Waals surface area contributed by atoms with E-state index in [1.165, 1.54) is 25.7 Å². The Kier molecular flexibility index (Phi) is 5.76. The number of aliphatic hydroxyl groups excluding tert-OH is 1. The summed E-state index contributed by atoms with van der Waals surface area (Å²) in [6.07, 6.45) is 10.2. The van der Waals surface area contributed by atoms with Crippen molar-refractivity contribution in [2.24, 2.45) is 56.7 Å². The monoisotopic (exact) mass is 486 g/mol. The van der Waals surface area contributed by atoms with Crippen LogP contribution in [0.5, 0.6) is 0 Å². The van der Waals surface area contributed by atoms with Gasteiger partial charge in [0.1, 0.15) is 0 Å². The van der Waals surface area contributed by atoms with Crippen molar-refractivity contribution < 1.29 is 19.7 Å². The molecule has 0 aromatic heterocycles. The van der Waals surface area contributed by atoms with Gasteiger partial charge >= 0.3 is 5.97 Å². The van der Waals surface area contributed by atoms with Gasteiger partial charge in [0.25, 0.3) is 0 Å². The summed E-state index contributed by atoms with van der Waals surface area (Å²) < 4.78 is 6.38. The van der Waals surface area contributed by atoms with Gasteiger partial charge in [0.15, 0.2) is 0 Å². The summed E-state index contributed by atoms with van der Waals surface area (Å²) in [4.78, 5) is 12.6. The lowest BCUT2D eigenvalue weighted by Gasteiger charge is -2.72. The maximum atomic E-state index is 12.6. The fraction of sp³-hybridized carbons (Fsp3) is 0.903. The maximum Gasteiger partial charge on any atom is 0.312 e. The van der Waals surface area contributed by atoms with Crippen LogP contribution in [0.1, 0.15) is 99.8 Å². The van der Waals surface area contributed by atoms with Crippen LogP contribution in [-0.4, -0.2) is 35.5 Å². The molecule has 5 aliphatic carbocycles. The third kappa shape index (κ3) is 3.02. The zero-order valence-electron chi connectivity index (χ0n) is 23.5. The Balaban J connectivity index is 1.67. The average Bonchev–Trinajstić information content (AvgIpc) is 2.79. The van der Waals surface area contributed by atoms with E-state index < -0.39 is 17.5 Å². The molecule has 198 valence electrons. The van der Waals surface area contributed by atoms with Crippen LogP contribution in [0, 0.1) is 56.7 Å². The Morgan fingerprint density at radius 2 is 1.66 bits per heavy atom. The number of methoxy groups -OCH3 is 1. The van der Waals surface area contributed by atoms with Crippen LogP contribution < -0.4 is 0 Å². The molecule has 0 aromatic rings. The number of aliphatic carboxylic acids is 1. The van der Waals surface area contributed by atoms with Gasteiger partial charge in [-0.15, -0.1) is 0 Å². The lowest BCUT2D eigenvalue weighted by atomic mass is 9.33. The topological polar surface area (TPSA) is 66.8 Å². The molecule has 0 unspecified atom stereocenters. The zero-order chi connectivity index (χ0) is 25.8. The number of fused-ring (bicyclic) bond motifs is 7. The Morgan fingerprint density at radius 3 is 2.29 bits per heavy atom. The summed E-state index contributed by atoms with van der Waals surface area (Å²) in [5.41, 5.74) is 0.900. The molecular weight excluding hydrogens is 436 g/mol. The highest BCUT2D eigenvalue weighted by molar-refractivity contribution is 5.76. The summed E-state index contributed by atoms with van der Waals surface area (Å²) in [7, 11) is 1.86. The minimum absolute atomic E-state index is 0.00375. The van der Waals surface area contributed by atoms with Crippen molar-refractivity contribution in [2.45, 2.75) is 112 Å². The second-order valence-electron chi connectivity index (χ2n) is 14.8. The molecule has 0 heterocycles. The molecular formula is C31H50O4. The van der Waals surface area contributed by atoms with Crippen LogP contribution in [0.3, 0.4) is 0 Å². The fourth-order valence-corrected chi connectivity index (χ4v) is 11.1. The number of aliphatic hydroxyl groups is 1. The van der Waals surface area contributed by atoms with Crippen molar-refractivity contribution in [3.63, 3.8) is 0 Å². The molecule has 4 saturated carbocycles. The van der Waals surface area contributed by atoms with E-state index >= 15 is 0 Å². The number of hydrogen-bond acceptors (Lipinski definition) is 3. The van der Waals surface area contributed by atoms with Crippen LogP contribution in [0.25, 0.3) is 0 Å². The number of ether oxygens (including phenoxy) is 1. The van der Waals surface area contributed by atoms with Gasteiger partial charge < -0.3 is 14.9 Å². The van der Waals surface area contributed by atoms with E-state index in [4.69, 9.17) is 4.74 Å². The molecule has 5 rings (SSSR count). The fourth-order valence-electron chi connectivity index (χ4n) is 11.1. The largest absolute Gasteiger partial charge is 0.481 e. The van der Waals surface area contributed by atoms with Crippen LogP contribution in [-0.2, 0) is 9.53 Å². The van der Waals surface area contributed by atoms with E-state index in [9.17, 15) is 15.0 Å². The third-order valence-electron chi connectivity index (χ3n) is 13.7. The molecule has 5 aliphatic rings. The summed E-state index contributed by atoms with van der Waals surface area (Å²) in [6.45, 7) is 16.7. The molecule has 35 heavy (non-hydrogen) atoms. The van der Waals surface area contributed by atoms with Crippen LogP contribution in [0.15, 0.2) is 11.6 Å². The second kappa shape index (κ2) is 7.82. The minimum atomic E-state index is -1.10. The number of carboxylic acid groups (broad SMARTS) is 1. The van der Waals surface area contributed by atoms with Gasteiger partial charge in [0.2, 0.25) is 0 Å². The Labute approximate surface area is 213 Å². The first kappa shape index (κ1) is 25.8. The van der Waals surface area contributed by atoms with Gasteiger partial charge in [-0.2, -0.15) is 0 Å². The normalized spacial score (nSPS) is 57.7. The lowest BCUT2D eigenvalue weighted by molar-refractivity contribution is -0.235. The smallest absolute Gasteiger partial charge is 0.312 e. The van der Waals surface area contributed by atoms with E-state index in [0.717, 1.165) is 25.2 Å².